The summed E-state index contributed by atoms with van der Waals surface area (Å²) in [7, 11) is 0. The lowest BCUT2D eigenvalue weighted by Gasteiger charge is -2.22. The van der Waals surface area contributed by atoms with E-state index in [1.54, 1.807) is 0 Å². The van der Waals surface area contributed by atoms with Gasteiger partial charge in [-0.15, -0.1) is 0 Å². The van der Waals surface area contributed by atoms with Gasteiger partial charge < -0.3 is 9.30 Å². The summed E-state index contributed by atoms with van der Waals surface area (Å²) in [6.45, 7) is 0. The van der Waals surface area contributed by atoms with Gasteiger partial charge in [0.2, 0.25) is 0 Å². The fourth-order valence-corrected chi connectivity index (χ4v) is 8.34. The molecule has 2 atom stereocenters. The first kappa shape index (κ1) is 32.1. The lowest BCUT2D eigenvalue weighted by atomic mass is 9.85. The van der Waals surface area contributed by atoms with Gasteiger partial charge in [0, 0.05) is 44.8 Å². The third kappa shape index (κ3) is 5.44. The summed E-state index contributed by atoms with van der Waals surface area (Å²) in [6.07, 6.45) is 4.42. The van der Waals surface area contributed by atoms with Gasteiger partial charge in [-0.1, -0.05) is 152 Å². The number of hydrogen-bond donors (Lipinski definition) is 0. The van der Waals surface area contributed by atoms with Crippen LogP contribution in [0.3, 0.4) is 0 Å². The van der Waals surface area contributed by atoms with Crippen molar-refractivity contribution in [2.75, 3.05) is 0 Å². The summed E-state index contributed by atoms with van der Waals surface area (Å²) in [6, 6.07) is 63.4. The van der Waals surface area contributed by atoms with E-state index in [-0.39, 0.29) is 12.0 Å². The lowest BCUT2D eigenvalue weighted by Crippen LogP contribution is -2.13. The molecule has 0 N–H and O–H groups in total. The number of ether oxygens (including phenoxy) is 1. The van der Waals surface area contributed by atoms with Crippen LogP contribution in [0.4, 0.5) is 0 Å². The van der Waals surface area contributed by atoms with Gasteiger partial charge in [0.05, 0.1) is 11.2 Å². The molecule has 0 fully saturated rings. The molecule has 7 aromatic carbocycles. The summed E-state index contributed by atoms with van der Waals surface area (Å²) < 4.78 is 9.27. The van der Waals surface area contributed by atoms with Crippen LogP contribution < -0.4 is 4.74 Å². The molecule has 2 aliphatic rings. The van der Waals surface area contributed by atoms with Crippen molar-refractivity contribution in [3.63, 3.8) is 0 Å². The first-order chi connectivity index (χ1) is 27.7. The van der Waals surface area contributed by atoms with Crippen LogP contribution in [0, 0.1) is 0 Å². The summed E-state index contributed by atoms with van der Waals surface area (Å²) in [5.41, 5.74) is 13.3. The molecule has 0 bridgehead atoms. The van der Waals surface area contributed by atoms with Gasteiger partial charge in [0.1, 0.15) is 11.9 Å². The molecule has 0 amide bonds. The second-order valence-corrected chi connectivity index (χ2v) is 14.4. The topological polar surface area (TPSA) is 52.8 Å². The van der Waals surface area contributed by atoms with Crippen LogP contribution in [0.5, 0.6) is 5.75 Å². The maximum atomic E-state index is 6.89. The van der Waals surface area contributed by atoms with Gasteiger partial charge in [-0.25, -0.2) is 15.0 Å². The van der Waals surface area contributed by atoms with E-state index in [0.717, 1.165) is 50.5 Å². The Bertz CT molecular complexity index is 2940. The predicted molar refractivity (Wildman–Crippen MR) is 225 cm³/mol. The zero-order chi connectivity index (χ0) is 37.0. The van der Waals surface area contributed by atoms with Crippen molar-refractivity contribution < 1.29 is 4.74 Å². The maximum absolute atomic E-state index is 6.89. The Balaban J connectivity index is 0.987. The highest BCUT2D eigenvalue weighted by Gasteiger charge is 2.40. The van der Waals surface area contributed by atoms with Gasteiger partial charge >= 0.3 is 0 Å². The number of fused-ring (bicyclic) bond motifs is 7. The van der Waals surface area contributed by atoms with E-state index in [9.17, 15) is 0 Å². The molecular formula is C51H34N4O. The quantitative estimate of drug-likeness (QED) is 0.172. The van der Waals surface area contributed by atoms with E-state index in [1.807, 2.05) is 36.4 Å². The smallest absolute Gasteiger partial charge is 0.164 e. The zero-order valence-electron chi connectivity index (χ0n) is 30.3. The highest BCUT2D eigenvalue weighted by atomic mass is 16.5. The third-order valence-corrected chi connectivity index (χ3v) is 11.0. The molecule has 2 unspecified atom stereocenters. The van der Waals surface area contributed by atoms with Gasteiger partial charge in [-0.2, -0.15) is 0 Å². The standard InChI is InChI=1S/C51H34N4O/c1-4-13-33(14-5-1)35-23-25-37(26-24-35)50-52-49(36-17-8-3-9-18-36)53-51(54-50)39-27-30-46-43(32-39)41-28-29-45-47(48(41)56-46)42-21-10-11-22-44(42)55(45)40-20-12-19-38(31-40)34-15-6-2-7-16-34/h1-32,41,48H. The molecule has 11 rings (SSSR count). The first-order valence-corrected chi connectivity index (χ1v) is 19.0. The van der Waals surface area contributed by atoms with E-state index < -0.39 is 0 Å². The monoisotopic (exact) mass is 718 g/mol. The summed E-state index contributed by atoms with van der Waals surface area (Å²) in [4.78, 5) is 15.1. The number of rotatable bonds is 6. The largest absolute Gasteiger partial charge is 0.484 e. The fourth-order valence-electron chi connectivity index (χ4n) is 8.34. The summed E-state index contributed by atoms with van der Waals surface area (Å²) >= 11 is 0. The van der Waals surface area contributed by atoms with Crippen molar-refractivity contribution in [3.8, 4) is 67.9 Å². The number of aromatic nitrogens is 4. The molecule has 56 heavy (non-hydrogen) atoms. The molecule has 0 radical (unpaired) electrons. The second kappa shape index (κ2) is 13.2. The highest BCUT2D eigenvalue weighted by Crippen LogP contribution is 2.53. The minimum Gasteiger partial charge on any atom is -0.484 e. The molecule has 0 saturated heterocycles. The van der Waals surface area contributed by atoms with Crippen LogP contribution in [0.2, 0.25) is 0 Å². The third-order valence-electron chi connectivity index (χ3n) is 11.0. The van der Waals surface area contributed by atoms with Crippen molar-refractivity contribution in [1.29, 1.82) is 0 Å². The average Bonchev–Trinajstić information content (AvgIpc) is 3.83. The van der Waals surface area contributed by atoms with Crippen LogP contribution in [-0.2, 0) is 0 Å². The van der Waals surface area contributed by atoms with Gasteiger partial charge in [-0.3, -0.25) is 0 Å². The molecule has 2 aromatic heterocycles. The normalized spacial score (nSPS) is 15.2. The number of nitrogens with zero attached hydrogens (tertiary/aromatic N) is 4. The van der Waals surface area contributed by atoms with Crippen molar-refractivity contribution in [1.82, 2.24) is 19.5 Å². The molecule has 5 nitrogen and oxygen atoms in total. The van der Waals surface area contributed by atoms with E-state index in [4.69, 9.17) is 19.7 Å². The van der Waals surface area contributed by atoms with Crippen LogP contribution in [0.25, 0.3) is 79.1 Å². The summed E-state index contributed by atoms with van der Waals surface area (Å²) in [5, 5.41) is 1.20. The van der Waals surface area contributed by atoms with Gasteiger partial charge in [0.15, 0.2) is 17.5 Å². The molecule has 264 valence electrons. The lowest BCUT2D eigenvalue weighted by molar-refractivity contribution is 0.224. The molecule has 0 spiro atoms. The molecule has 5 heteroatoms. The van der Waals surface area contributed by atoms with E-state index >= 15 is 0 Å². The highest BCUT2D eigenvalue weighted by molar-refractivity contribution is 5.92. The molecule has 0 saturated carbocycles. The van der Waals surface area contributed by atoms with Gasteiger partial charge in [0.25, 0.3) is 0 Å². The average molecular weight is 719 g/mol. The molecule has 9 aromatic rings. The first-order valence-electron chi connectivity index (χ1n) is 19.0. The van der Waals surface area contributed by atoms with E-state index in [1.165, 1.54) is 27.6 Å². The SMILES string of the molecule is C1=CC2c3cc(-c4nc(-c5ccccc5)nc(-c5ccc(-c6ccccc6)cc5)n4)ccc3OC2c2c1n(-c1cccc(-c3ccccc3)c1)c1ccccc21. The van der Waals surface area contributed by atoms with Crippen LogP contribution in [0.15, 0.2) is 188 Å². The van der Waals surface area contributed by atoms with Crippen molar-refractivity contribution >= 4 is 17.0 Å². The Morgan fingerprint density at radius 3 is 1.70 bits per heavy atom. The Morgan fingerprint density at radius 2 is 0.982 bits per heavy atom. The Hall–Kier alpha value is -7.37. The van der Waals surface area contributed by atoms with Crippen LogP contribution >= 0.6 is 0 Å². The molecule has 3 heterocycles. The number of para-hydroxylation sites is 1. The number of benzene rings is 7. The van der Waals surface area contributed by atoms with Crippen LogP contribution in [-0.4, -0.2) is 19.5 Å². The zero-order valence-corrected chi connectivity index (χ0v) is 30.3. The van der Waals surface area contributed by atoms with Crippen LogP contribution in [0.1, 0.15) is 28.8 Å². The van der Waals surface area contributed by atoms with Gasteiger partial charge in [-0.05, 0) is 64.7 Å². The van der Waals surface area contributed by atoms with E-state index in [2.05, 4.69) is 162 Å². The molecule has 1 aliphatic heterocycles. The number of hydrogen-bond acceptors (Lipinski definition) is 4. The molecular weight excluding hydrogens is 685 g/mol. The van der Waals surface area contributed by atoms with Crippen molar-refractivity contribution in [3.05, 3.63) is 205 Å². The van der Waals surface area contributed by atoms with Crippen molar-refractivity contribution in [2.45, 2.75) is 12.0 Å². The minimum atomic E-state index is -0.166. The maximum Gasteiger partial charge on any atom is 0.164 e. The minimum absolute atomic E-state index is 0.0350. The Morgan fingerprint density at radius 1 is 0.446 bits per heavy atom. The fraction of sp³-hybridized carbons (Fsp3) is 0.0392. The van der Waals surface area contributed by atoms with E-state index in [0.29, 0.717) is 17.5 Å². The predicted octanol–water partition coefficient (Wildman–Crippen LogP) is 12.4. The Labute approximate surface area is 324 Å². The summed E-state index contributed by atoms with van der Waals surface area (Å²) in [5.74, 6) is 2.82. The molecule has 1 aliphatic carbocycles. The van der Waals surface area contributed by atoms with Crippen molar-refractivity contribution in [2.24, 2.45) is 0 Å². The second-order valence-electron chi connectivity index (χ2n) is 14.4. The Kier molecular flexibility index (Phi) is 7.56.